The second-order valence-corrected chi connectivity index (χ2v) is 7.10. The topological polar surface area (TPSA) is 79.2 Å². The molecule has 0 unspecified atom stereocenters. The SMILES string of the molecule is CC(C)[C@@](C)(C#N)NC(=O)COc1ccc(C(=O)c2ccc(Cl)cc2)cc1. The standard InChI is InChI=1S/C21H21ClN2O3/c1-14(2)21(3,13-23)24-19(25)12-27-18-10-6-16(7-11-18)20(26)15-4-8-17(22)9-5-15/h4-11,14H,12H2,1-3H3,(H,24,25)/t21-/m1/s1. The number of benzene rings is 2. The van der Waals surface area contributed by atoms with Crippen LogP contribution in [0.25, 0.3) is 0 Å². The molecule has 0 spiro atoms. The summed E-state index contributed by atoms with van der Waals surface area (Å²) in [6, 6.07) is 15.3. The van der Waals surface area contributed by atoms with E-state index in [1.807, 2.05) is 13.8 Å². The number of rotatable bonds is 7. The van der Waals surface area contributed by atoms with E-state index < -0.39 is 5.54 Å². The van der Waals surface area contributed by atoms with Crippen molar-refractivity contribution in [3.63, 3.8) is 0 Å². The lowest BCUT2D eigenvalue weighted by atomic mass is 9.90. The van der Waals surface area contributed by atoms with E-state index in [1.165, 1.54) is 0 Å². The minimum atomic E-state index is -0.949. The van der Waals surface area contributed by atoms with E-state index in [1.54, 1.807) is 55.5 Å². The van der Waals surface area contributed by atoms with Crippen LogP contribution >= 0.6 is 11.6 Å². The first kappa shape index (κ1) is 20.5. The highest BCUT2D eigenvalue weighted by Gasteiger charge is 2.30. The molecule has 2 rings (SSSR count). The van der Waals surface area contributed by atoms with Crippen molar-refractivity contribution in [2.24, 2.45) is 5.92 Å². The Bertz CT molecular complexity index is 854. The van der Waals surface area contributed by atoms with Crippen LogP contribution in [0.3, 0.4) is 0 Å². The highest BCUT2D eigenvalue weighted by molar-refractivity contribution is 6.30. The molecule has 1 amide bonds. The van der Waals surface area contributed by atoms with Gasteiger partial charge in [0.2, 0.25) is 0 Å². The molecule has 0 aliphatic heterocycles. The molecule has 2 aromatic rings. The zero-order chi connectivity index (χ0) is 20.0. The first-order valence-corrected chi connectivity index (χ1v) is 8.88. The van der Waals surface area contributed by atoms with E-state index in [2.05, 4.69) is 11.4 Å². The normalized spacial score (nSPS) is 12.7. The first-order valence-electron chi connectivity index (χ1n) is 8.50. The van der Waals surface area contributed by atoms with Crippen molar-refractivity contribution in [2.45, 2.75) is 26.3 Å². The molecule has 0 bridgehead atoms. The Morgan fingerprint density at radius 3 is 2.11 bits per heavy atom. The zero-order valence-electron chi connectivity index (χ0n) is 15.5. The number of ketones is 1. The average molecular weight is 385 g/mol. The van der Waals surface area contributed by atoms with E-state index in [0.29, 0.717) is 21.9 Å². The molecule has 140 valence electrons. The molecule has 27 heavy (non-hydrogen) atoms. The lowest BCUT2D eigenvalue weighted by Gasteiger charge is -2.27. The van der Waals surface area contributed by atoms with Crippen molar-refractivity contribution >= 4 is 23.3 Å². The Hall–Kier alpha value is -2.84. The average Bonchev–Trinajstić information content (AvgIpc) is 2.66. The Morgan fingerprint density at radius 2 is 1.63 bits per heavy atom. The van der Waals surface area contributed by atoms with E-state index in [4.69, 9.17) is 16.3 Å². The van der Waals surface area contributed by atoms with Crippen molar-refractivity contribution in [1.82, 2.24) is 5.32 Å². The molecule has 0 heterocycles. The number of nitrogens with zero attached hydrogens (tertiary/aromatic N) is 1. The van der Waals surface area contributed by atoms with Crippen LogP contribution in [0.5, 0.6) is 5.75 Å². The van der Waals surface area contributed by atoms with Gasteiger partial charge in [-0.25, -0.2) is 0 Å². The van der Waals surface area contributed by atoms with Gasteiger partial charge in [-0.3, -0.25) is 9.59 Å². The van der Waals surface area contributed by atoms with Gasteiger partial charge in [0.15, 0.2) is 12.4 Å². The number of nitriles is 1. The molecular formula is C21H21ClN2O3. The number of ether oxygens (including phenoxy) is 1. The molecule has 0 fully saturated rings. The van der Waals surface area contributed by atoms with Gasteiger partial charge in [0, 0.05) is 16.1 Å². The fourth-order valence-corrected chi connectivity index (χ4v) is 2.37. The lowest BCUT2D eigenvalue weighted by molar-refractivity contribution is -0.124. The Labute approximate surface area is 163 Å². The van der Waals surface area contributed by atoms with Crippen LogP contribution in [-0.2, 0) is 4.79 Å². The van der Waals surface area contributed by atoms with E-state index >= 15 is 0 Å². The first-order chi connectivity index (χ1) is 12.7. The fraction of sp³-hybridized carbons (Fsp3) is 0.286. The number of hydrogen-bond acceptors (Lipinski definition) is 4. The predicted octanol–water partition coefficient (Wildman–Crippen LogP) is 4.00. The maximum Gasteiger partial charge on any atom is 0.259 e. The summed E-state index contributed by atoms with van der Waals surface area (Å²) in [4.78, 5) is 24.4. The third kappa shape index (κ3) is 5.32. The number of halogens is 1. The van der Waals surface area contributed by atoms with Crippen molar-refractivity contribution in [2.75, 3.05) is 6.61 Å². The Balaban J connectivity index is 1.96. The molecule has 0 radical (unpaired) electrons. The fourth-order valence-electron chi connectivity index (χ4n) is 2.25. The molecule has 0 saturated heterocycles. The van der Waals surface area contributed by atoms with Crippen molar-refractivity contribution < 1.29 is 14.3 Å². The second-order valence-electron chi connectivity index (χ2n) is 6.67. The third-order valence-corrected chi connectivity index (χ3v) is 4.63. The molecule has 0 aliphatic rings. The molecule has 1 atom stereocenters. The van der Waals surface area contributed by atoms with Crippen LogP contribution in [-0.4, -0.2) is 23.8 Å². The van der Waals surface area contributed by atoms with Crippen LogP contribution < -0.4 is 10.1 Å². The summed E-state index contributed by atoms with van der Waals surface area (Å²) < 4.78 is 5.44. The highest BCUT2D eigenvalue weighted by atomic mass is 35.5. The number of hydrogen-bond donors (Lipinski definition) is 1. The van der Waals surface area contributed by atoms with Crippen LogP contribution in [0, 0.1) is 17.2 Å². The summed E-state index contributed by atoms with van der Waals surface area (Å²) in [5, 5.41) is 12.5. The molecule has 6 heteroatoms. The number of carbonyl (C=O) groups is 2. The summed E-state index contributed by atoms with van der Waals surface area (Å²) in [5.41, 5.74) is 0.0953. The summed E-state index contributed by atoms with van der Waals surface area (Å²) >= 11 is 5.83. The predicted molar refractivity (Wildman–Crippen MR) is 104 cm³/mol. The molecule has 0 saturated carbocycles. The molecular weight excluding hydrogens is 364 g/mol. The number of amides is 1. The van der Waals surface area contributed by atoms with Crippen LogP contribution in [0.1, 0.15) is 36.7 Å². The summed E-state index contributed by atoms with van der Waals surface area (Å²) in [5.74, 6) is -0.0858. The zero-order valence-corrected chi connectivity index (χ0v) is 16.2. The Morgan fingerprint density at radius 1 is 1.11 bits per heavy atom. The van der Waals surface area contributed by atoms with Gasteiger partial charge < -0.3 is 10.1 Å². The van der Waals surface area contributed by atoms with Gasteiger partial charge >= 0.3 is 0 Å². The highest BCUT2D eigenvalue weighted by Crippen LogP contribution is 2.18. The minimum absolute atomic E-state index is 0.0374. The quantitative estimate of drug-likeness (QED) is 0.731. The van der Waals surface area contributed by atoms with Crippen molar-refractivity contribution in [3.05, 3.63) is 64.7 Å². The minimum Gasteiger partial charge on any atom is -0.484 e. The van der Waals surface area contributed by atoms with Gasteiger partial charge in [0.1, 0.15) is 11.3 Å². The van der Waals surface area contributed by atoms with Gasteiger partial charge in [-0.05, 0) is 61.4 Å². The molecule has 2 aromatic carbocycles. The summed E-state index contributed by atoms with van der Waals surface area (Å²) in [7, 11) is 0. The third-order valence-electron chi connectivity index (χ3n) is 4.38. The van der Waals surface area contributed by atoms with Crippen LogP contribution in [0.2, 0.25) is 5.02 Å². The summed E-state index contributed by atoms with van der Waals surface area (Å²) in [6.07, 6.45) is 0. The van der Waals surface area contributed by atoms with Gasteiger partial charge in [0.05, 0.1) is 6.07 Å². The largest absolute Gasteiger partial charge is 0.484 e. The van der Waals surface area contributed by atoms with Crippen molar-refractivity contribution in [3.8, 4) is 11.8 Å². The van der Waals surface area contributed by atoms with Gasteiger partial charge in [-0.15, -0.1) is 0 Å². The molecule has 0 aliphatic carbocycles. The Kier molecular flexibility index (Phi) is 6.59. The van der Waals surface area contributed by atoms with Crippen LogP contribution in [0.15, 0.2) is 48.5 Å². The van der Waals surface area contributed by atoms with Crippen LogP contribution in [0.4, 0.5) is 0 Å². The number of nitrogens with one attached hydrogen (secondary N) is 1. The smallest absolute Gasteiger partial charge is 0.259 e. The van der Waals surface area contributed by atoms with Gasteiger partial charge in [-0.1, -0.05) is 25.4 Å². The number of carbonyl (C=O) groups excluding carboxylic acids is 2. The lowest BCUT2D eigenvalue weighted by Crippen LogP contribution is -2.50. The van der Waals surface area contributed by atoms with E-state index in [-0.39, 0.29) is 24.2 Å². The van der Waals surface area contributed by atoms with Gasteiger partial charge in [-0.2, -0.15) is 5.26 Å². The molecule has 5 nitrogen and oxygen atoms in total. The monoisotopic (exact) mass is 384 g/mol. The maximum atomic E-state index is 12.4. The molecule has 1 N–H and O–H groups in total. The van der Waals surface area contributed by atoms with E-state index in [0.717, 1.165) is 0 Å². The maximum absolute atomic E-state index is 12.4. The molecule has 0 aromatic heterocycles. The van der Waals surface area contributed by atoms with E-state index in [9.17, 15) is 14.9 Å². The summed E-state index contributed by atoms with van der Waals surface area (Å²) in [6.45, 7) is 5.18. The van der Waals surface area contributed by atoms with Crippen molar-refractivity contribution in [1.29, 1.82) is 5.26 Å². The van der Waals surface area contributed by atoms with Gasteiger partial charge in [0.25, 0.3) is 5.91 Å². The second kappa shape index (κ2) is 8.70.